The molecule has 0 saturated carbocycles. The van der Waals surface area contributed by atoms with Crippen LogP contribution in [0.5, 0.6) is 11.5 Å². The topological polar surface area (TPSA) is 69.6 Å². The molecule has 5 heteroatoms. The monoisotopic (exact) mass is 243 g/mol. The molecule has 0 fully saturated rings. The smallest absolute Gasteiger partial charge is 0.255 e. The Labute approximate surface area is 98.9 Å². The van der Waals surface area contributed by atoms with Gasteiger partial charge in [-0.15, -0.1) is 11.6 Å². The van der Waals surface area contributed by atoms with Crippen molar-refractivity contribution in [2.45, 2.75) is 19.4 Å². The SMILES string of the molecule is CCC(CCl)NC(=O)c1ccc(O)cc1O. The fourth-order valence-corrected chi connectivity index (χ4v) is 1.52. The van der Waals surface area contributed by atoms with E-state index >= 15 is 0 Å². The molecule has 4 nitrogen and oxygen atoms in total. The van der Waals surface area contributed by atoms with Crippen LogP contribution in [0, 0.1) is 0 Å². The van der Waals surface area contributed by atoms with Crippen molar-refractivity contribution in [2.24, 2.45) is 0 Å². The summed E-state index contributed by atoms with van der Waals surface area (Å²) in [5, 5.41) is 21.2. The van der Waals surface area contributed by atoms with Gasteiger partial charge in [0, 0.05) is 18.0 Å². The lowest BCUT2D eigenvalue weighted by Crippen LogP contribution is -2.35. The summed E-state index contributed by atoms with van der Waals surface area (Å²) in [7, 11) is 0. The minimum absolute atomic E-state index is 0.0848. The Morgan fingerprint density at radius 1 is 1.50 bits per heavy atom. The second-order valence-corrected chi connectivity index (χ2v) is 3.74. The zero-order valence-corrected chi connectivity index (χ0v) is 9.66. The normalized spacial score (nSPS) is 12.1. The fourth-order valence-electron chi connectivity index (χ4n) is 1.22. The summed E-state index contributed by atoms with van der Waals surface area (Å²) in [6.45, 7) is 1.91. The van der Waals surface area contributed by atoms with Gasteiger partial charge >= 0.3 is 0 Å². The lowest BCUT2D eigenvalue weighted by molar-refractivity contribution is 0.0937. The zero-order chi connectivity index (χ0) is 12.1. The number of rotatable bonds is 4. The highest BCUT2D eigenvalue weighted by Crippen LogP contribution is 2.22. The van der Waals surface area contributed by atoms with Gasteiger partial charge in [0.05, 0.1) is 5.56 Å². The first kappa shape index (κ1) is 12.6. The van der Waals surface area contributed by atoms with Crippen molar-refractivity contribution in [1.82, 2.24) is 5.32 Å². The zero-order valence-electron chi connectivity index (χ0n) is 8.90. The number of hydrogen-bond acceptors (Lipinski definition) is 3. The van der Waals surface area contributed by atoms with E-state index in [9.17, 15) is 9.90 Å². The van der Waals surface area contributed by atoms with Gasteiger partial charge in [-0.05, 0) is 18.6 Å². The molecule has 0 aliphatic rings. The maximum absolute atomic E-state index is 11.7. The highest BCUT2D eigenvalue weighted by Gasteiger charge is 2.14. The number of carbonyl (C=O) groups is 1. The van der Waals surface area contributed by atoms with E-state index in [0.717, 1.165) is 6.07 Å². The molecule has 0 spiro atoms. The number of nitrogens with one attached hydrogen (secondary N) is 1. The van der Waals surface area contributed by atoms with Crippen molar-refractivity contribution in [3.05, 3.63) is 23.8 Å². The van der Waals surface area contributed by atoms with E-state index in [1.807, 2.05) is 6.92 Å². The number of halogens is 1. The van der Waals surface area contributed by atoms with Crippen molar-refractivity contribution in [1.29, 1.82) is 0 Å². The molecule has 0 aliphatic heterocycles. The minimum atomic E-state index is -0.398. The van der Waals surface area contributed by atoms with Gasteiger partial charge in [0.25, 0.3) is 5.91 Å². The van der Waals surface area contributed by atoms with Crippen molar-refractivity contribution in [2.75, 3.05) is 5.88 Å². The van der Waals surface area contributed by atoms with Gasteiger partial charge in [-0.2, -0.15) is 0 Å². The molecule has 0 aliphatic carbocycles. The Balaban J connectivity index is 2.80. The largest absolute Gasteiger partial charge is 0.508 e. The summed E-state index contributed by atoms with van der Waals surface area (Å²) in [4.78, 5) is 11.7. The number of hydrogen-bond donors (Lipinski definition) is 3. The molecule has 0 bridgehead atoms. The summed E-state index contributed by atoms with van der Waals surface area (Å²) in [5.74, 6) is -0.411. The van der Waals surface area contributed by atoms with Crippen LogP contribution in [0.25, 0.3) is 0 Å². The van der Waals surface area contributed by atoms with Crippen LogP contribution in [0.2, 0.25) is 0 Å². The molecule has 0 heterocycles. The van der Waals surface area contributed by atoms with Crippen molar-refractivity contribution < 1.29 is 15.0 Å². The van der Waals surface area contributed by atoms with Gasteiger partial charge in [0.1, 0.15) is 11.5 Å². The molecule has 3 N–H and O–H groups in total. The van der Waals surface area contributed by atoms with Crippen LogP contribution in [0.1, 0.15) is 23.7 Å². The molecule has 1 rings (SSSR count). The fraction of sp³-hybridized carbons (Fsp3) is 0.364. The highest BCUT2D eigenvalue weighted by molar-refractivity contribution is 6.18. The third kappa shape index (κ3) is 3.03. The van der Waals surface area contributed by atoms with E-state index in [2.05, 4.69) is 5.32 Å². The van der Waals surface area contributed by atoms with Gasteiger partial charge in [-0.25, -0.2) is 0 Å². The van der Waals surface area contributed by atoms with E-state index in [4.69, 9.17) is 16.7 Å². The van der Waals surface area contributed by atoms with Crippen LogP contribution in [0.4, 0.5) is 0 Å². The van der Waals surface area contributed by atoms with Gasteiger partial charge in [0.15, 0.2) is 0 Å². The number of alkyl halides is 1. The summed E-state index contributed by atoms with van der Waals surface area (Å²) in [6.07, 6.45) is 0.716. The highest BCUT2D eigenvalue weighted by atomic mass is 35.5. The third-order valence-electron chi connectivity index (χ3n) is 2.24. The van der Waals surface area contributed by atoms with Crippen LogP contribution >= 0.6 is 11.6 Å². The quantitative estimate of drug-likeness (QED) is 0.707. The number of amides is 1. The van der Waals surface area contributed by atoms with Crippen molar-refractivity contribution >= 4 is 17.5 Å². The lowest BCUT2D eigenvalue weighted by atomic mass is 10.1. The average Bonchev–Trinajstić information content (AvgIpc) is 2.25. The van der Waals surface area contributed by atoms with E-state index in [1.165, 1.54) is 12.1 Å². The average molecular weight is 244 g/mol. The van der Waals surface area contributed by atoms with Crippen molar-refractivity contribution in [3.8, 4) is 11.5 Å². The minimum Gasteiger partial charge on any atom is -0.508 e. The Hall–Kier alpha value is -1.42. The number of aromatic hydroxyl groups is 2. The van der Waals surface area contributed by atoms with Crippen LogP contribution < -0.4 is 5.32 Å². The molecule has 0 saturated heterocycles. The molecular formula is C11H14ClNO3. The molecule has 1 aromatic carbocycles. The number of benzene rings is 1. The molecule has 16 heavy (non-hydrogen) atoms. The number of phenolic OH excluding ortho intramolecular Hbond substituents is 2. The Kier molecular flexibility index (Phi) is 4.43. The predicted molar refractivity (Wildman–Crippen MR) is 62.0 cm³/mol. The first-order valence-corrected chi connectivity index (χ1v) is 5.50. The summed E-state index contributed by atoms with van der Waals surface area (Å²) >= 11 is 5.65. The number of carbonyl (C=O) groups excluding carboxylic acids is 1. The van der Waals surface area contributed by atoms with Gasteiger partial charge in [-0.3, -0.25) is 4.79 Å². The summed E-state index contributed by atoms with van der Waals surface area (Å²) in [6, 6.07) is 3.70. The van der Waals surface area contributed by atoms with E-state index in [-0.39, 0.29) is 23.1 Å². The van der Waals surface area contributed by atoms with E-state index < -0.39 is 5.91 Å². The molecule has 0 aromatic heterocycles. The van der Waals surface area contributed by atoms with Crippen LogP contribution in [-0.2, 0) is 0 Å². The molecule has 1 amide bonds. The standard InChI is InChI=1S/C11H14ClNO3/c1-2-7(6-12)13-11(16)9-4-3-8(14)5-10(9)15/h3-5,7,14-15H,2,6H2,1H3,(H,13,16). The number of phenols is 2. The summed E-state index contributed by atoms with van der Waals surface area (Å²) < 4.78 is 0. The maximum Gasteiger partial charge on any atom is 0.255 e. The third-order valence-corrected chi connectivity index (χ3v) is 2.61. The molecule has 0 radical (unpaired) electrons. The molecule has 1 unspecified atom stereocenters. The van der Waals surface area contributed by atoms with E-state index in [1.54, 1.807) is 0 Å². The van der Waals surface area contributed by atoms with E-state index in [0.29, 0.717) is 12.3 Å². The maximum atomic E-state index is 11.7. The van der Waals surface area contributed by atoms with Gasteiger partial charge in [-0.1, -0.05) is 6.92 Å². The van der Waals surface area contributed by atoms with Crippen LogP contribution in [-0.4, -0.2) is 28.0 Å². The molecule has 88 valence electrons. The Morgan fingerprint density at radius 2 is 2.19 bits per heavy atom. The Bertz CT molecular complexity index is 377. The van der Waals surface area contributed by atoms with Crippen molar-refractivity contribution in [3.63, 3.8) is 0 Å². The predicted octanol–water partition coefficient (Wildman–Crippen LogP) is 1.85. The summed E-state index contributed by atoms with van der Waals surface area (Å²) in [5.41, 5.74) is 0.126. The first-order chi connectivity index (χ1) is 7.58. The first-order valence-electron chi connectivity index (χ1n) is 4.97. The van der Waals surface area contributed by atoms with Gasteiger partial charge in [0.2, 0.25) is 0 Å². The van der Waals surface area contributed by atoms with Crippen LogP contribution in [0.3, 0.4) is 0 Å². The second kappa shape index (κ2) is 5.61. The second-order valence-electron chi connectivity index (χ2n) is 3.43. The Morgan fingerprint density at radius 3 is 2.69 bits per heavy atom. The van der Waals surface area contributed by atoms with Crippen LogP contribution in [0.15, 0.2) is 18.2 Å². The molecular weight excluding hydrogens is 230 g/mol. The molecule has 1 aromatic rings. The molecule has 1 atom stereocenters. The van der Waals surface area contributed by atoms with Gasteiger partial charge < -0.3 is 15.5 Å². The lowest BCUT2D eigenvalue weighted by Gasteiger charge is -2.14.